The van der Waals surface area contributed by atoms with Gasteiger partial charge in [0.2, 0.25) is 0 Å². The molecule has 0 saturated carbocycles. The maximum atomic E-state index is 12.1. The number of hydrogen-bond acceptors (Lipinski definition) is 4. The van der Waals surface area contributed by atoms with Gasteiger partial charge in [-0.05, 0) is 46.3 Å². The highest BCUT2D eigenvalue weighted by Gasteiger charge is 2.08. The van der Waals surface area contributed by atoms with Crippen LogP contribution in [0.1, 0.15) is 15.9 Å². The number of hydrogen-bond donors (Lipinski definition) is 1. The van der Waals surface area contributed by atoms with Crippen LogP contribution in [0.4, 0.5) is 0 Å². The summed E-state index contributed by atoms with van der Waals surface area (Å²) in [5, 5.41) is 3.98. The molecule has 0 radical (unpaired) electrons. The number of methoxy groups -OCH3 is 1. The van der Waals surface area contributed by atoms with Crippen molar-refractivity contribution < 1.29 is 14.3 Å². The van der Waals surface area contributed by atoms with Crippen molar-refractivity contribution in [3.05, 3.63) is 70.7 Å². The highest BCUT2D eigenvalue weighted by atomic mass is 79.9. The lowest BCUT2D eigenvalue weighted by Gasteiger charge is -2.07. The molecule has 0 heterocycles. The number of benzene rings is 2. The molecule has 5 nitrogen and oxygen atoms in total. The van der Waals surface area contributed by atoms with Gasteiger partial charge in [-0.2, -0.15) is 5.10 Å². The molecule has 0 fully saturated rings. The second kappa shape index (κ2) is 8.88. The van der Waals surface area contributed by atoms with Crippen LogP contribution in [0.3, 0.4) is 0 Å². The van der Waals surface area contributed by atoms with Crippen LogP contribution >= 0.6 is 15.9 Å². The SMILES string of the molecule is C=CCOc1ccccc1/C=N/NC(=O)c1ccc(OC)c(Br)c1. The van der Waals surface area contributed by atoms with E-state index in [9.17, 15) is 4.79 Å². The van der Waals surface area contributed by atoms with Gasteiger partial charge in [0.25, 0.3) is 5.91 Å². The Kier molecular flexibility index (Phi) is 6.57. The summed E-state index contributed by atoms with van der Waals surface area (Å²) in [7, 11) is 1.57. The van der Waals surface area contributed by atoms with Gasteiger partial charge < -0.3 is 9.47 Å². The molecule has 1 amide bonds. The zero-order valence-corrected chi connectivity index (χ0v) is 14.7. The summed E-state index contributed by atoms with van der Waals surface area (Å²) >= 11 is 3.35. The third kappa shape index (κ3) is 4.70. The van der Waals surface area contributed by atoms with Crippen molar-refractivity contribution >= 4 is 28.1 Å². The normalized spacial score (nSPS) is 10.4. The molecule has 0 aliphatic heterocycles. The molecule has 0 aliphatic carbocycles. The van der Waals surface area contributed by atoms with Gasteiger partial charge in [-0.15, -0.1) is 0 Å². The van der Waals surface area contributed by atoms with Crippen LogP contribution in [0.5, 0.6) is 11.5 Å². The molecule has 0 aliphatic rings. The number of hydrazone groups is 1. The number of rotatable bonds is 7. The average Bonchev–Trinajstić information content (AvgIpc) is 2.60. The van der Waals surface area contributed by atoms with E-state index in [-0.39, 0.29) is 5.91 Å². The number of carbonyl (C=O) groups is 1. The number of halogens is 1. The Balaban J connectivity index is 2.05. The molecule has 0 unspecified atom stereocenters. The van der Waals surface area contributed by atoms with Crippen LogP contribution in [0, 0.1) is 0 Å². The molecule has 2 aromatic rings. The summed E-state index contributed by atoms with van der Waals surface area (Å²) in [4.78, 5) is 12.1. The second-order valence-corrected chi connectivity index (χ2v) is 5.54. The largest absolute Gasteiger partial charge is 0.496 e. The first-order chi connectivity index (χ1) is 11.7. The van der Waals surface area contributed by atoms with Crippen molar-refractivity contribution in [3.63, 3.8) is 0 Å². The van der Waals surface area contributed by atoms with Crippen molar-refractivity contribution in [1.82, 2.24) is 5.43 Å². The Morgan fingerprint density at radius 2 is 2.08 bits per heavy atom. The maximum Gasteiger partial charge on any atom is 0.271 e. The lowest BCUT2D eigenvalue weighted by Crippen LogP contribution is -2.17. The first kappa shape index (κ1) is 17.7. The zero-order chi connectivity index (χ0) is 17.4. The van der Waals surface area contributed by atoms with E-state index in [4.69, 9.17) is 9.47 Å². The Morgan fingerprint density at radius 3 is 2.79 bits per heavy atom. The number of nitrogens with one attached hydrogen (secondary N) is 1. The van der Waals surface area contributed by atoms with Gasteiger partial charge in [-0.25, -0.2) is 5.43 Å². The predicted molar refractivity (Wildman–Crippen MR) is 97.9 cm³/mol. The molecular weight excluding hydrogens is 372 g/mol. The van der Waals surface area contributed by atoms with Gasteiger partial charge in [0.1, 0.15) is 18.1 Å². The van der Waals surface area contributed by atoms with E-state index in [1.165, 1.54) is 6.21 Å². The molecule has 0 saturated heterocycles. The number of carbonyl (C=O) groups excluding carboxylic acids is 1. The highest BCUT2D eigenvalue weighted by Crippen LogP contribution is 2.25. The smallest absolute Gasteiger partial charge is 0.271 e. The van der Waals surface area contributed by atoms with E-state index in [2.05, 4.69) is 33.0 Å². The van der Waals surface area contributed by atoms with Crippen LogP contribution in [0.15, 0.2) is 64.7 Å². The standard InChI is InChI=1S/C18H17BrN2O3/c1-3-10-24-16-7-5-4-6-14(16)12-20-21-18(22)13-8-9-17(23-2)15(19)11-13/h3-9,11-12H,1,10H2,2H3,(H,21,22)/b20-12+. The monoisotopic (exact) mass is 388 g/mol. The van der Waals surface area contributed by atoms with E-state index in [1.54, 1.807) is 31.4 Å². The minimum atomic E-state index is -0.320. The van der Waals surface area contributed by atoms with Gasteiger partial charge in [-0.3, -0.25) is 4.79 Å². The fourth-order valence-electron chi connectivity index (χ4n) is 1.90. The fraction of sp³-hybridized carbons (Fsp3) is 0.111. The van der Waals surface area contributed by atoms with Crippen LogP contribution in [-0.4, -0.2) is 25.8 Å². The average molecular weight is 389 g/mol. The lowest BCUT2D eigenvalue weighted by atomic mass is 10.2. The first-order valence-corrected chi connectivity index (χ1v) is 7.94. The molecule has 24 heavy (non-hydrogen) atoms. The van der Waals surface area contributed by atoms with E-state index >= 15 is 0 Å². The molecule has 0 spiro atoms. The van der Waals surface area contributed by atoms with Gasteiger partial charge in [0.15, 0.2) is 0 Å². The van der Waals surface area contributed by atoms with Crippen LogP contribution in [-0.2, 0) is 0 Å². The van der Waals surface area contributed by atoms with Crippen molar-refractivity contribution in [1.29, 1.82) is 0 Å². The van der Waals surface area contributed by atoms with Crippen LogP contribution < -0.4 is 14.9 Å². The third-order valence-corrected chi connectivity index (χ3v) is 3.68. The summed E-state index contributed by atoms with van der Waals surface area (Å²) in [6.07, 6.45) is 3.20. The van der Waals surface area contributed by atoms with Crippen molar-refractivity contribution in [2.75, 3.05) is 13.7 Å². The Morgan fingerprint density at radius 1 is 1.29 bits per heavy atom. The molecule has 124 valence electrons. The summed E-state index contributed by atoms with van der Waals surface area (Å²) < 4.78 is 11.4. The number of ether oxygens (including phenoxy) is 2. The number of para-hydroxylation sites is 1. The molecule has 0 aromatic heterocycles. The first-order valence-electron chi connectivity index (χ1n) is 7.15. The fourth-order valence-corrected chi connectivity index (χ4v) is 2.44. The Hall–Kier alpha value is -2.60. The van der Waals surface area contributed by atoms with Crippen LogP contribution in [0.25, 0.3) is 0 Å². The van der Waals surface area contributed by atoms with Gasteiger partial charge in [0.05, 0.1) is 17.8 Å². The van der Waals surface area contributed by atoms with E-state index in [0.29, 0.717) is 28.1 Å². The number of amides is 1. The van der Waals surface area contributed by atoms with Crippen molar-refractivity contribution in [2.24, 2.45) is 5.10 Å². The van der Waals surface area contributed by atoms with Crippen LogP contribution in [0.2, 0.25) is 0 Å². The molecule has 6 heteroatoms. The quantitative estimate of drug-likeness (QED) is 0.445. The highest BCUT2D eigenvalue weighted by molar-refractivity contribution is 9.10. The van der Waals surface area contributed by atoms with Crippen molar-refractivity contribution in [2.45, 2.75) is 0 Å². The summed E-state index contributed by atoms with van der Waals surface area (Å²) in [5.74, 6) is 1.00. The van der Waals surface area contributed by atoms with E-state index in [1.807, 2.05) is 24.3 Å². The molecule has 0 bridgehead atoms. The molecule has 2 aromatic carbocycles. The summed E-state index contributed by atoms with van der Waals surface area (Å²) in [5.41, 5.74) is 3.72. The Labute approximate surface area is 149 Å². The summed E-state index contributed by atoms with van der Waals surface area (Å²) in [6.45, 7) is 4.02. The minimum Gasteiger partial charge on any atom is -0.496 e. The van der Waals surface area contributed by atoms with Crippen molar-refractivity contribution in [3.8, 4) is 11.5 Å². The third-order valence-electron chi connectivity index (χ3n) is 3.06. The van der Waals surface area contributed by atoms with E-state index < -0.39 is 0 Å². The zero-order valence-electron chi connectivity index (χ0n) is 13.2. The molecular formula is C18H17BrN2O3. The topological polar surface area (TPSA) is 59.9 Å². The second-order valence-electron chi connectivity index (χ2n) is 4.69. The minimum absolute atomic E-state index is 0.320. The maximum absolute atomic E-state index is 12.1. The molecule has 0 atom stereocenters. The van der Waals surface area contributed by atoms with Gasteiger partial charge >= 0.3 is 0 Å². The molecule has 1 N–H and O–H groups in total. The number of nitrogens with zero attached hydrogens (tertiary/aromatic N) is 1. The van der Waals surface area contributed by atoms with Gasteiger partial charge in [-0.1, -0.05) is 24.8 Å². The van der Waals surface area contributed by atoms with Gasteiger partial charge in [0, 0.05) is 11.1 Å². The summed E-state index contributed by atoms with van der Waals surface area (Å²) in [6, 6.07) is 12.4. The predicted octanol–water partition coefficient (Wildman–Crippen LogP) is 3.79. The lowest BCUT2D eigenvalue weighted by molar-refractivity contribution is 0.0955. The molecule has 2 rings (SSSR count). The Bertz CT molecular complexity index is 760. The van der Waals surface area contributed by atoms with E-state index in [0.717, 1.165) is 5.56 Å².